The van der Waals surface area contributed by atoms with Crippen molar-refractivity contribution in [2.75, 3.05) is 9.80 Å². The van der Waals surface area contributed by atoms with Gasteiger partial charge in [0.25, 0.3) is 6.71 Å². The molecule has 352 valence electrons. The van der Waals surface area contributed by atoms with Crippen molar-refractivity contribution in [2.45, 2.75) is 155 Å². The van der Waals surface area contributed by atoms with Crippen LogP contribution in [0, 0.1) is 6.92 Å². The summed E-state index contributed by atoms with van der Waals surface area (Å²) < 4.78 is 7.69. The van der Waals surface area contributed by atoms with Crippen LogP contribution >= 0.6 is 0 Å². The van der Waals surface area contributed by atoms with Gasteiger partial charge >= 0.3 is 0 Å². The fourth-order valence-electron chi connectivity index (χ4n) is 14.0. The van der Waals surface area contributed by atoms with Crippen LogP contribution in [-0.2, 0) is 32.5 Å². The van der Waals surface area contributed by atoms with Gasteiger partial charge in [0.05, 0.1) is 17.0 Å². The zero-order chi connectivity index (χ0) is 49.0. The van der Waals surface area contributed by atoms with Crippen molar-refractivity contribution in [2.24, 2.45) is 0 Å². The molecule has 3 nitrogen and oxygen atoms in total. The topological polar surface area (TPSA) is 19.6 Å². The number of aryl methyl sites for hydroxylation is 1. The summed E-state index contributed by atoms with van der Waals surface area (Å²) in [6.45, 7) is 33.7. The standard InChI is InChI=1S/C66H69BN2O/c1-38-30-54-58-55(31-38)69(53-21-17-20-46-57(53)43-32-39-18-15-16-19-40(39)33-47(43)66(46,13)14)52-25-22-41(61(2,3)4)34-51(52)67(58)60-59(44-36-49-50(37-56(44)70-60)65(11,12)29-28-64(49,9)10)68(54)42-23-24-45-48(35-42)63(7,8)27-26-62(45,5)6/h15-25,30-37H,26-29H2,1-14H3. The Balaban J connectivity index is 1.15. The largest absolute Gasteiger partial charge is 0.468 e. The van der Waals surface area contributed by atoms with Crippen molar-refractivity contribution in [3.05, 3.63) is 160 Å². The molecule has 0 saturated heterocycles. The quantitative estimate of drug-likeness (QED) is 0.161. The summed E-state index contributed by atoms with van der Waals surface area (Å²) in [6.07, 6.45) is 4.66. The van der Waals surface area contributed by atoms with Crippen LogP contribution in [-0.4, -0.2) is 6.71 Å². The Morgan fingerprint density at radius 2 is 1.13 bits per heavy atom. The lowest BCUT2D eigenvalue weighted by molar-refractivity contribution is 0.332. The van der Waals surface area contributed by atoms with Crippen LogP contribution in [0.5, 0.6) is 0 Å². The van der Waals surface area contributed by atoms with Crippen LogP contribution in [0.15, 0.2) is 120 Å². The minimum Gasteiger partial charge on any atom is -0.468 e. The van der Waals surface area contributed by atoms with Gasteiger partial charge < -0.3 is 14.2 Å². The van der Waals surface area contributed by atoms with Crippen LogP contribution in [0.4, 0.5) is 34.1 Å². The van der Waals surface area contributed by atoms with E-state index in [4.69, 9.17) is 4.42 Å². The normalized spacial score (nSPS) is 19.3. The van der Waals surface area contributed by atoms with Gasteiger partial charge in [-0.25, -0.2) is 0 Å². The number of nitrogens with zero attached hydrogens (tertiary/aromatic N) is 2. The van der Waals surface area contributed by atoms with Gasteiger partial charge in [0.1, 0.15) is 5.58 Å². The Kier molecular flexibility index (Phi) is 8.73. The van der Waals surface area contributed by atoms with E-state index in [9.17, 15) is 0 Å². The molecule has 0 bridgehead atoms. The van der Waals surface area contributed by atoms with E-state index in [2.05, 4.69) is 222 Å². The summed E-state index contributed by atoms with van der Waals surface area (Å²) in [5, 5.41) is 3.79. The molecule has 7 aromatic carbocycles. The van der Waals surface area contributed by atoms with Gasteiger partial charge in [-0.1, -0.05) is 145 Å². The van der Waals surface area contributed by atoms with E-state index in [1.165, 1.54) is 123 Å². The summed E-state index contributed by atoms with van der Waals surface area (Å²) in [6, 6.07) is 45.7. The molecule has 8 aromatic rings. The van der Waals surface area contributed by atoms with Crippen LogP contribution < -0.4 is 26.4 Å². The van der Waals surface area contributed by atoms with Gasteiger partial charge in [-0.3, -0.25) is 0 Å². The summed E-state index contributed by atoms with van der Waals surface area (Å²) in [5.74, 6) is 0. The van der Waals surface area contributed by atoms with E-state index in [-0.39, 0.29) is 39.2 Å². The molecule has 3 aliphatic carbocycles. The highest BCUT2D eigenvalue weighted by atomic mass is 16.3. The summed E-state index contributed by atoms with van der Waals surface area (Å²) in [4.78, 5) is 5.29. The molecule has 3 heterocycles. The lowest BCUT2D eigenvalue weighted by Crippen LogP contribution is -2.61. The van der Waals surface area contributed by atoms with E-state index >= 15 is 0 Å². The van der Waals surface area contributed by atoms with E-state index in [0.717, 1.165) is 30.5 Å². The first-order chi connectivity index (χ1) is 33.0. The number of hydrogen-bond acceptors (Lipinski definition) is 3. The molecule has 0 spiro atoms. The zero-order valence-electron chi connectivity index (χ0n) is 44.2. The number of furan rings is 1. The first-order valence-corrected chi connectivity index (χ1v) is 26.3. The molecular weight excluding hydrogens is 848 g/mol. The highest BCUT2D eigenvalue weighted by Gasteiger charge is 2.50. The summed E-state index contributed by atoms with van der Waals surface area (Å²) in [7, 11) is 0. The molecule has 70 heavy (non-hydrogen) atoms. The van der Waals surface area contributed by atoms with Crippen molar-refractivity contribution in [1.29, 1.82) is 0 Å². The molecule has 0 saturated carbocycles. The smallest absolute Gasteiger partial charge is 0.297 e. The van der Waals surface area contributed by atoms with Crippen LogP contribution in [0.1, 0.15) is 160 Å². The third-order valence-electron chi connectivity index (χ3n) is 18.5. The van der Waals surface area contributed by atoms with Crippen molar-refractivity contribution < 1.29 is 4.42 Å². The number of hydrogen-bond donors (Lipinski definition) is 0. The zero-order valence-corrected chi connectivity index (χ0v) is 44.2. The molecule has 0 radical (unpaired) electrons. The maximum absolute atomic E-state index is 7.69. The average Bonchev–Trinajstić information content (AvgIpc) is 3.78. The van der Waals surface area contributed by atoms with Gasteiger partial charge in [0.15, 0.2) is 0 Å². The maximum atomic E-state index is 7.69. The van der Waals surface area contributed by atoms with E-state index in [0.29, 0.717) is 0 Å². The molecule has 0 atom stereocenters. The fourth-order valence-corrected chi connectivity index (χ4v) is 14.0. The molecule has 1 aromatic heterocycles. The van der Waals surface area contributed by atoms with E-state index < -0.39 is 0 Å². The Bertz CT molecular complexity index is 3610. The maximum Gasteiger partial charge on any atom is 0.297 e. The minimum absolute atomic E-state index is 0.0424. The molecule has 4 heteroatoms. The number of benzene rings is 7. The van der Waals surface area contributed by atoms with Gasteiger partial charge in [-0.2, -0.15) is 0 Å². The first kappa shape index (κ1) is 44.0. The summed E-state index contributed by atoms with van der Waals surface area (Å²) >= 11 is 0. The fraction of sp³-hybridized carbons (Fsp3) is 0.364. The van der Waals surface area contributed by atoms with Gasteiger partial charge in [-0.05, 0) is 192 Å². The first-order valence-electron chi connectivity index (χ1n) is 26.3. The molecule has 13 rings (SSSR count). The predicted octanol–water partition coefficient (Wildman–Crippen LogP) is 16.3. The molecule has 0 N–H and O–H groups in total. The van der Waals surface area contributed by atoms with Crippen molar-refractivity contribution in [1.82, 2.24) is 0 Å². The lowest BCUT2D eigenvalue weighted by Gasteiger charge is -2.45. The Morgan fingerprint density at radius 1 is 0.514 bits per heavy atom. The average molecular weight is 917 g/mol. The monoisotopic (exact) mass is 917 g/mol. The van der Waals surface area contributed by atoms with E-state index in [1.54, 1.807) is 0 Å². The predicted molar refractivity (Wildman–Crippen MR) is 299 cm³/mol. The molecule has 2 aliphatic heterocycles. The van der Waals surface area contributed by atoms with Crippen molar-refractivity contribution in [3.63, 3.8) is 0 Å². The summed E-state index contributed by atoms with van der Waals surface area (Å²) in [5.41, 5.74) is 25.8. The second-order valence-corrected chi connectivity index (χ2v) is 26.4. The third-order valence-corrected chi connectivity index (χ3v) is 18.5. The number of rotatable bonds is 2. The Hall–Kier alpha value is -6.00. The molecule has 0 amide bonds. The molecular formula is C66H69BN2O. The highest BCUT2D eigenvalue weighted by molar-refractivity contribution is 7.00. The van der Waals surface area contributed by atoms with Crippen LogP contribution in [0.2, 0.25) is 0 Å². The second kappa shape index (κ2) is 13.9. The molecule has 0 fully saturated rings. The Labute approximate surface area is 417 Å². The SMILES string of the molecule is Cc1cc2c3c(c1)N(c1ccc4c(c1)C(C)(C)CCC4(C)C)c1c(oc4cc5c(cc14)C(C)(C)CCC5(C)C)B3c1cc(C(C)(C)C)ccc1N2c1cccc2c1-c1cc3ccccc3cc1C2(C)C. The van der Waals surface area contributed by atoms with Gasteiger partial charge in [0, 0.05) is 39.1 Å². The highest BCUT2D eigenvalue weighted by Crippen LogP contribution is 2.58. The molecule has 0 unspecified atom stereocenters. The van der Waals surface area contributed by atoms with Crippen molar-refractivity contribution in [3.8, 4) is 11.1 Å². The Morgan fingerprint density at radius 3 is 1.80 bits per heavy atom. The van der Waals surface area contributed by atoms with Gasteiger partial charge in [0.2, 0.25) is 0 Å². The lowest BCUT2D eigenvalue weighted by atomic mass is 9.35. The van der Waals surface area contributed by atoms with E-state index in [1.807, 2.05) is 0 Å². The second-order valence-electron chi connectivity index (χ2n) is 26.4. The van der Waals surface area contributed by atoms with Gasteiger partial charge in [-0.15, -0.1) is 0 Å². The molecule has 5 aliphatic rings. The van der Waals surface area contributed by atoms with Crippen LogP contribution in [0.3, 0.4) is 0 Å². The number of fused-ring (bicyclic) bond motifs is 12. The van der Waals surface area contributed by atoms with Crippen molar-refractivity contribution >= 4 is 79.2 Å². The minimum atomic E-state index is -0.176. The third kappa shape index (κ3) is 5.95. The van der Waals surface area contributed by atoms with Crippen LogP contribution in [0.25, 0.3) is 32.9 Å². The number of anilines is 6.